The van der Waals surface area contributed by atoms with E-state index in [1.165, 1.54) is 16.6 Å². The lowest BCUT2D eigenvalue weighted by atomic mass is 9.85. The van der Waals surface area contributed by atoms with Gasteiger partial charge in [-0.2, -0.15) is 4.31 Å². The van der Waals surface area contributed by atoms with Crippen LogP contribution in [0.3, 0.4) is 0 Å². The van der Waals surface area contributed by atoms with Crippen LogP contribution in [0.15, 0.2) is 53.6 Å². The summed E-state index contributed by atoms with van der Waals surface area (Å²) in [6, 6.07) is 12.6. The van der Waals surface area contributed by atoms with E-state index in [0.29, 0.717) is 23.6 Å². The van der Waals surface area contributed by atoms with Crippen LogP contribution in [0.4, 0.5) is 0 Å². The number of benzene rings is 2. The van der Waals surface area contributed by atoms with Crippen LogP contribution in [0.1, 0.15) is 75.6 Å². The third-order valence-electron chi connectivity index (χ3n) is 7.76. The van der Waals surface area contributed by atoms with Gasteiger partial charge in [-0.05, 0) is 87.6 Å². The average Bonchev–Trinajstić information content (AvgIpc) is 3.35. The SMILES string of the molecule is CC[C@@H]1CN(Cc2cc([C@H](CC(=O)OC(C)(C)C)c3ccc4c(nnn4CC)c3C)ccc2Cl)S(=O)(=O)c2cccnc2O1. The lowest BCUT2D eigenvalue weighted by molar-refractivity contribution is -0.155. The van der Waals surface area contributed by atoms with Crippen LogP contribution in [0.25, 0.3) is 11.0 Å². The molecule has 2 aromatic carbocycles. The van der Waals surface area contributed by atoms with E-state index in [0.717, 1.165) is 27.7 Å². The van der Waals surface area contributed by atoms with Crippen molar-refractivity contribution in [3.8, 4) is 5.88 Å². The quantitative estimate of drug-likeness (QED) is 0.215. The van der Waals surface area contributed by atoms with Gasteiger partial charge in [0.15, 0.2) is 0 Å². The number of fused-ring (bicyclic) bond motifs is 2. The van der Waals surface area contributed by atoms with Gasteiger partial charge < -0.3 is 9.47 Å². The summed E-state index contributed by atoms with van der Waals surface area (Å²) in [5.41, 5.74) is 4.26. The molecule has 0 saturated carbocycles. The zero-order valence-electron chi connectivity index (χ0n) is 25.9. The molecular weight excluding hydrogens is 602 g/mol. The van der Waals surface area contributed by atoms with Gasteiger partial charge in [0, 0.05) is 30.2 Å². The minimum absolute atomic E-state index is 0.0190. The number of carbonyl (C=O) groups excluding carboxylic acids is 1. The monoisotopic (exact) mass is 639 g/mol. The second-order valence-corrected chi connectivity index (χ2v) is 14.3. The van der Waals surface area contributed by atoms with Crippen LogP contribution in [-0.4, -0.2) is 56.9 Å². The number of hydrogen-bond donors (Lipinski definition) is 0. The predicted molar refractivity (Wildman–Crippen MR) is 168 cm³/mol. The highest BCUT2D eigenvalue weighted by Gasteiger charge is 2.35. The number of nitrogens with zero attached hydrogens (tertiary/aromatic N) is 5. The molecule has 2 aromatic heterocycles. The van der Waals surface area contributed by atoms with Crippen molar-refractivity contribution in [3.05, 3.63) is 75.9 Å². The molecule has 12 heteroatoms. The van der Waals surface area contributed by atoms with Crippen molar-refractivity contribution in [3.63, 3.8) is 0 Å². The Balaban J connectivity index is 1.57. The number of ether oxygens (including phenoxy) is 2. The third-order valence-corrected chi connectivity index (χ3v) is 9.96. The first-order valence-electron chi connectivity index (χ1n) is 14.8. The van der Waals surface area contributed by atoms with Crippen molar-refractivity contribution in [2.24, 2.45) is 0 Å². The Morgan fingerprint density at radius 3 is 2.66 bits per heavy atom. The minimum Gasteiger partial charge on any atom is -0.472 e. The highest BCUT2D eigenvalue weighted by molar-refractivity contribution is 7.89. The molecule has 44 heavy (non-hydrogen) atoms. The molecule has 234 valence electrons. The van der Waals surface area contributed by atoms with Gasteiger partial charge in [-0.1, -0.05) is 41.9 Å². The maximum atomic E-state index is 13.8. The number of carbonyl (C=O) groups is 1. The molecule has 4 aromatic rings. The second-order valence-electron chi connectivity index (χ2n) is 12.0. The van der Waals surface area contributed by atoms with Gasteiger partial charge in [-0.15, -0.1) is 5.10 Å². The van der Waals surface area contributed by atoms with E-state index in [4.69, 9.17) is 21.1 Å². The van der Waals surface area contributed by atoms with Gasteiger partial charge in [0.05, 0.1) is 18.5 Å². The van der Waals surface area contributed by atoms with Crippen LogP contribution >= 0.6 is 11.6 Å². The Morgan fingerprint density at radius 1 is 1.18 bits per heavy atom. The summed E-state index contributed by atoms with van der Waals surface area (Å²) in [5, 5.41) is 9.12. The summed E-state index contributed by atoms with van der Waals surface area (Å²) < 4.78 is 42.5. The fourth-order valence-corrected chi connectivity index (χ4v) is 7.26. The highest BCUT2D eigenvalue weighted by Crippen LogP contribution is 2.37. The van der Waals surface area contributed by atoms with Gasteiger partial charge in [0.1, 0.15) is 22.1 Å². The molecule has 0 aliphatic carbocycles. The fraction of sp³-hybridized carbons (Fsp3) is 0.438. The lowest BCUT2D eigenvalue weighted by Gasteiger charge is -2.25. The predicted octanol–water partition coefficient (Wildman–Crippen LogP) is 6.03. The Hall–Kier alpha value is -3.54. The molecule has 1 aliphatic heterocycles. The highest BCUT2D eigenvalue weighted by atomic mass is 35.5. The topological polar surface area (TPSA) is 117 Å². The smallest absolute Gasteiger partial charge is 0.307 e. The Kier molecular flexibility index (Phi) is 9.02. The van der Waals surface area contributed by atoms with Crippen LogP contribution in [0.5, 0.6) is 5.88 Å². The molecule has 0 radical (unpaired) electrons. The number of pyridine rings is 1. The molecule has 2 atom stereocenters. The van der Waals surface area contributed by atoms with Crippen LogP contribution in [0.2, 0.25) is 5.02 Å². The van der Waals surface area contributed by atoms with E-state index in [1.54, 1.807) is 12.1 Å². The average molecular weight is 640 g/mol. The zero-order valence-corrected chi connectivity index (χ0v) is 27.4. The number of sulfonamides is 1. The Bertz CT molecular complexity index is 1800. The van der Waals surface area contributed by atoms with E-state index < -0.39 is 21.5 Å². The molecule has 0 bridgehead atoms. The molecule has 0 spiro atoms. The summed E-state index contributed by atoms with van der Waals surface area (Å²) in [6.45, 7) is 12.3. The maximum absolute atomic E-state index is 13.8. The van der Waals surface area contributed by atoms with Crippen molar-refractivity contribution in [2.75, 3.05) is 6.54 Å². The van der Waals surface area contributed by atoms with Crippen LogP contribution in [-0.2, 0) is 32.6 Å². The van der Waals surface area contributed by atoms with Crippen molar-refractivity contribution in [1.29, 1.82) is 0 Å². The van der Waals surface area contributed by atoms with Gasteiger partial charge in [0.2, 0.25) is 15.9 Å². The molecule has 1 aliphatic rings. The van der Waals surface area contributed by atoms with Crippen molar-refractivity contribution >= 4 is 38.6 Å². The van der Waals surface area contributed by atoms with Crippen molar-refractivity contribution < 1.29 is 22.7 Å². The van der Waals surface area contributed by atoms with E-state index in [1.807, 2.05) is 70.5 Å². The first-order chi connectivity index (χ1) is 20.8. The van der Waals surface area contributed by atoms with Crippen molar-refractivity contribution in [1.82, 2.24) is 24.3 Å². The van der Waals surface area contributed by atoms with E-state index >= 15 is 0 Å². The minimum atomic E-state index is -3.94. The summed E-state index contributed by atoms with van der Waals surface area (Å²) in [4.78, 5) is 17.4. The Morgan fingerprint density at radius 2 is 1.95 bits per heavy atom. The van der Waals surface area contributed by atoms with Crippen LogP contribution < -0.4 is 4.74 Å². The largest absolute Gasteiger partial charge is 0.472 e. The third kappa shape index (κ3) is 6.45. The molecule has 10 nitrogen and oxygen atoms in total. The molecule has 0 unspecified atom stereocenters. The molecule has 3 heterocycles. The number of hydrogen-bond acceptors (Lipinski definition) is 8. The normalized spacial score (nSPS) is 17.5. The van der Waals surface area contributed by atoms with Gasteiger partial charge in [0.25, 0.3) is 0 Å². The van der Waals surface area contributed by atoms with Crippen molar-refractivity contribution in [2.45, 2.75) is 90.0 Å². The van der Waals surface area contributed by atoms with E-state index in [-0.39, 0.29) is 42.4 Å². The fourth-order valence-electron chi connectivity index (χ4n) is 5.56. The molecule has 0 saturated heterocycles. The number of rotatable bonds is 8. The van der Waals surface area contributed by atoms with Crippen LogP contribution in [0, 0.1) is 6.92 Å². The first kappa shape index (κ1) is 31.9. The lowest BCUT2D eigenvalue weighted by Crippen LogP contribution is -2.36. The molecule has 0 amide bonds. The van der Waals surface area contributed by atoms with Gasteiger partial charge in [-0.3, -0.25) is 4.79 Å². The number of aromatic nitrogens is 4. The standard InChI is InChI=1S/C32H38ClN5O5S/c1-7-23-19-37(44(40,41)28-10-9-15-34-31(28)42-23)18-22-16-21(11-13-26(22)33)25(17-29(39)43-32(4,5)6)24-12-14-27-30(20(24)3)35-36-38(27)8-2/h9-16,23,25H,7-8,17-19H2,1-6H3/t23-,25+/m1/s1. The summed E-state index contributed by atoms with van der Waals surface area (Å²) in [7, 11) is -3.94. The number of esters is 1. The molecule has 0 N–H and O–H groups in total. The van der Waals surface area contributed by atoms with E-state index in [9.17, 15) is 13.2 Å². The molecular formula is C32H38ClN5O5S. The number of halogens is 1. The summed E-state index contributed by atoms with van der Waals surface area (Å²) in [5.74, 6) is -0.655. The summed E-state index contributed by atoms with van der Waals surface area (Å²) in [6.07, 6.45) is 1.80. The first-order valence-corrected chi connectivity index (χ1v) is 16.6. The van der Waals surface area contributed by atoms with E-state index in [2.05, 4.69) is 15.3 Å². The Labute approximate surface area is 263 Å². The summed E-state index contributed by atoms with van der Waals surface area (Å²) >= 11 is 6.71. The molecule has 5 rings (SSSR count). The second kappa shape index (κ2) is 12.5. The van der Waals surface area contributed by atoms with Gasteiger partial charge in [-0.25, -0.2) is 18.1 Å². The van der Waals surface area contributed by atoms with Gasteiger partial charge >= 0.3 is 5.97 Å². The maximum Gasteiger partial charge on any atom is 0.307 e. The number of aryl methyl sites for hydroxylation is 2. The molecule has 0 fully saturated rings. The zero-order chi connectivity index (χ0) is 31.8.